The van der Waals surface area contributed by atoms with Gasteiger partial charge in [-0.3, -0.25) is 4.98 Å². The SMILES string of the molecule is C=Cc1cnc2c(N3CCc4c(Br)cccc43)ncnc2c1. The largest absolute Gasteiger partial charge is 0.324 e. The lowest BCUT2D eigenvalue weighted by Crippen LogP contribution is -2.15. The van der Waals surface area contributed by atoms with Gasteiger partial charge in [0.2, 0.25) is 0 Å². The number of fused-ring (bicyclic) bond motifs is 2. The van der Waals surface area contributed by atoms with Crippen LogP contribution in [0.5, 0.6) is 0 Å². The minimum atomic E-state index is 0.820. The van der Waals surface area contributed by atoms with Crippen molar-refractivity contribution >= 4 is 44.5 Å². The van der Waals surface area contributed by atoms with E-state index in [2.05, 4.69) is 54.5 Å². The summed E-state index contributed by atoms with van der Waals surface area (Å²) in [4.78, 5) is 15.6. The normalized spacial score (nSPS) is 13.4. The first-order chi connectivity index (χ1) is 10.8. The highest BCUT2D eigenvalue weighted by molar-refractivity contribution is 9.10. The van der Waals surface area contributed by atoms with E-state index in [1.165, 1.54) is 11.3 Å². The third-order valence-electron chi connectivity index (χ3n) is 3.94. The van der Waals surface area contributed by atoms with Gasteiger partial charge in [0.1, 0.15) is 11.8 Å². The Bertz CT molecular complexity index is 891. The van der Waals surface area contributed by atoms with Gasteiger partial charge in [-0.15, -0.1) is 0 Å². The summed E-state index contributed by atoms with van der Waals surface area (Å²) >= 11 is 3.63. The van der Waals surface area contributed by atoms with E-state index in [1.807, 2.05) is 12.1 Å². The predicted octanol–water partition coefficient (Wildman–Crippen LogP) is 4.12. The van der Waals surface area contributed by atoms with E-state index in [-0.39, 0.29) is 0 Å². The van der Waals surface area contributed by atoms with Crippen molar-refractivity contribution in [1.82, 2.24) is 15.0 Å². The zero-order valence-corrected chi connectivity index (χ0v) is 13.4. The Morgan fingerprint density at radius 3 is 3.00 bits per heavy atom. The standard InChI is InChI=1S/C17H13BrN4/c1-2-11-8-14-16(19-9-11)17(21-10-20-14)22-7-6-12-13(18)4-3-5-15(12)22/h2-5,8-10H,1,6-7H2. The fourth-order valence-electron chi connectivity index (χ4n) is 2.87. The summed E-state index contributed by atoms with van der Waals surface area (Å²) < 4.78 is 1.15. The highest BCUT2D eigenvalue weighted by atomic mass is 79.9. The molecule has 108 valence electrons. The zero-order chi connectivity index (χ0) is 15.1. The molecule has 0 bridgehead atoms. The van der Waals surface area contributed by atoms with Gasteiger partial charge in [-0.05, 0) is 35.7 Å². The number of rotatable bonds is 2. The van der Waals surface area contributed by atoms with E-state index in [0.717, 1.165) is 39.9 Å². The molecular formula is C17H13BrN4. The van der Waals surface area contributed by atoms with E-state index in [4.69, 9.17) is 0 Å². The molecule has 1 aliphatic heterocycles. The molecule has 0 radical (unpaired) electrons. The number of hydrogen-bond donors (Lipinski definition) is 0. The second-order valence-corrected chi connectivity index (χ2v) is 6.03. The van der Waals surface area contributed by atoms with Crippen LogP contribution in [0, 0.1) is 0 Å². The molecule has 1 aliphatic rings. The maximum Gasteiger partial charge on any atom is 0.163 e. The van der Waals surface area contributed by atoms with Crippen LogP contribution in [0.1, 0.15) is 11.1 Å². The van der Waals surface area contributed by atoms with Crippen LogP contribution in [0.2, 0.25) is 0 Å². The Balaban J connectivity index is 1.90. The van der Waals surface area contributed by atoms with Gasteiger partial charge in [0.15, 0.2) is 5.82 Å². The van der Waals surface area contributed by atoms with Crippen LogP contribution in [-0.2, 0) is 6.42 Å². The lowest BCUT2D eigenvalue weighted by atomic mass is 10.2. The second kappa shape index (κ2) is 5.18. The van der Waals surface area contributed by atoms with E-state index < -0.39 is 0 Å². The van der Waals surface area contributed by atoms with Crippen LogP contribution in [0.3, 0.4) is 0 Å². The molecule has 0 unspecified atom stereocenters. The summed E-state index contributed by atoms with van der Waals surface area (Å²) in [6, 6.07) is 8.24. The van der Waals surface area contributed by atoms with Crippen molar-refractivity contribution in [2.45, 2.75) is 6.42 Å². The minimum Gasteiger partial charge on any atom is -0.324 e. The van der Waals surface area contributed by atoms with E-state index >= 15 is 0 Å². The third kappa shape index (κ3) is 2.01. The Morgan fingerprint density at radius 1 is 1.23 bits per heavy atom. The summed E-state index contributed by atoms with van der Waals surface area (Å²) in [6.07, 6.45) is 6.17. The average molecular weight is 353 g/mol. The summed E-state index contributed by atoms with van der Waals surface area (Å²) in [5.41, 5.74) is 5.12. The summed E-state index contributed by atoms with van der Waals surface area (Å²) in [5.74, 6) is 0.859. The van der Waals surface area contributed by atoms with E-state index in [0.29, 0.717) is 0 Å². The highest BCUT2D eigenvalue weighted by Crippen LogP contribution is 2.38. The molecule has 0 amide bonds. The molecule has 4 nitrogen and oxygen atoms in total. The van der Waals surface area contributed by atoms with Crippen LogP contribution < -0.4 is 4.90 Å². The van der Waals surface area contributed by atoms with Crippen molar-refractivity contribution in [2.24, 2.45) is 0 Å². The van der Waals surface area contributed by atoms with Crippen LogP contribution in [0.4, 0.5) is 11.5 Å². The van der Waals surface area contributed by atoms with Gasteiger partial charge in [-0.25, -0.2) is 9.97 Å². The molecule has 3 aromatic rings. The smallest absolute Gasteiger partial charge is 0.163 e. The van der Waals surface area contributed by atoms with Crippen molar-refractivity contribution in [2.75, 3.05) is 11.4 Å². The molecule has 0 N–H and O–H groups in total. The lowest BCUT2D eigenvalue weighted by molar-refractivity contribution is 0.970. The van der Waals surface area contributed by atoms with Crippen molar-refractivity contribution in [3.63, 3.8) is 0 Å². The molecule has 5 heteroatoms. The summed E-state index contributed by atoms with van der Waals surface area (Å²) in [6.45, 7) is 4.68. The highest BCUT2D eigenvalue weighted by Gasteiger charge is 2.25. The van der Waals surface area contributed by atoms with Gasteiger partial charge in [-0.2, -0.15) is 0 Å². The van der Waals surface area contributed by atoms with Gasteiger partial charge in [0.05, 0.1) is 5.52 Å². The van der Waals surface area contributed by atoms with Crippen LogP contribution in [0.15, 0.2) is 47.8 Å². The Morgan fingerprint density at radius 2 is 2.14 bits per heavy atom. The number of benzene rings is 1. The van der Waals surface area contributed by atoms with Crippen LogP contribution in [-0.4, -0.2) is 21.5 Å². The summed E-state index contributed by atoms with van der Waals surface area (Å²) in [5, 5.41) is 0. The fourth-order valence-corrected chi connectivity index (χ4v) is 3.42. The molecule has 0 fully saturated rings. The second-order valence-electron chi connectivity index (χ2n) is 5.18. The maximum absolute atomic E-state index is 4.54. The molecule has 0 atom stereocenters. The molecule has 2 aromatic heterocycles. The molecule has 0 aliphatic carbocycles. The summed E-state index contributed by atoms with van der Waals surface area (Å²) in [7, 11) is 0. The van der Waals surface area contributed by atoms with Gasteiger partial charge in [0, 0.05) is 22.9 Å². The Labute approximate surface area is 136 Å². The Hall–Kier alpha value is -2.27. The first kappa shape index (κ1) is 13.4. The molecule has 0 spiro atoms. The molecule has 1 aromatic carbocycles. The first-order valence-electron chi connectivity index (χ1n) is 7.06. The molecule has 3 heterocycles. The van der Waals surface area contributed by atoms with E-state index in [1.54, 1.807) is 18.6 Å². The molecule has 0 saturated heterocycles. The number of aromatic nitrogens is 3. The maximum atomic E-state index is 4.54. The number of nitrogens with zero attached hydrogens (tertiary/aromatic N) is 4. The van der Waals surface area contributed by atoms with Gasteiger partial charge >= 0.3 is 0 Å². The van der Waals surface area contributed by atoms with Gasteiger partial charge in [0.25, 0.3) is 0 Å². The Kier molecular flexibility index (Phi) is 3.15. The molecule has 4 rings (SSSR count). The van der Waals surface area contributed by atoms with Crippen molar-refractivity contribution < 1.29 is 0 Å². The topological polar surface area (TPSA) is 41.9 Å². The quantitative estimate of drug-likeness (QED) is 0.695. The lowest BCUT2D eigenvalue weighted by Gasteiger charge is -2.19. The number of anilines is 2. The molecule has 0 saturated carbocycles. The third-order valence-corrected chi connectivity index (χ3v) is 4.68. The van der Waals surface area contributed by atoms with Crippen molar-refractivity contribution in [3.05, 3.63) is 59.0 Å². The predicted molar refractivity (Wildman–Crippen MR) is 92.3 cm³/mol. The average Bonchev–Trinajstić information content (AvgIpc) is 2.99. The number of pyridine rings is 1. The zero-order valence-electron chi connectivity index (χ0n) is 11.8. The van der Waals surface area contributed by atoms with Gasteiger partial charge in [-0.1, -0.05) is 34.7 Å². The molecule has 22 heavy (non-hydrogen) atoms. The number of halogens is 1. The van der Waals surface area contributed by atoms with Crippen LogP contribution in [0.25, 0.3) is 17.1 Å². The van der Waals surface area contributed by atoms with Gasteiger partial charge < -0.3 is 4.90 Å². The van der Waals surface area contributed by atoms with Crippen molar-refractivity contribution in [1.29, 1.82) is 0 Å². The fraction of sp³-hybridized carbons (Fsp3) is 0.118. The van der Waals surface area contributed by atoms with Crippen LogP contribution >= 0.6 is 15.9 Å². The van der Waals surface area contributed by atoms with E-state index in [9.17, 15) is 0 Å². The molecular weight excluding hydrogens is 340 g/mol. The van der Waals surface area contributed by atoms with Crippen molar-refractivity contribution in [3.8, 4) is 0 Å². The first-order valence-corrected chi connectivity index (χ1v) is 7.85. The minimum absolute atomic E-state index is 0.820. The number of hydrogen-bond acceptors (Lipinski definition) is 4. The monoisotopic (exact) mass is 352 g/mol.